The molecule has 1 atom stereocenters. The largest absolute Gasteiger partial charge is 0.460 e. The van der Waals surface area contributed by atoms with Crippen molar-refractivity contribution in [3.05, 3.63) is 0 Å². The predicted octanol–water partition coefficient (Wildman–Crippen LogP) is 4.20. The van der Waals surface area contributed by atoms with Crippen LogP contribution in [0.5, 0.6) is 0 Å². The number of hydrogen-bond acceptors (Lipinski definition) is 8. The summed E-state index contributed by atoms with van der Waals surface area (Å²) in [4.78, 5) is 58.3. The average molecular weight is 522 g/mol. The van der Waals surface area contributed by atoms with E-state index in [0.717, 1.165) is 31.4 Å². The second-order valence-corrected chi connectivity index (χ2v) is 12.4. The van der Waals surface area contributed by atoms with Crippen molar-refractivity contribution in [3.8, 4) is 0 Å². The molecule has 3 aliphatic heterocycles. The van der Waals surface area contributed by atoms with Crippen molar-refractivity contribution in [1.29, 1.82) is 0 Å². The third-order valence-corrected chi connectivity index (χ3v) is 6.74. The van der Waals surface area contributed by atoms with Crippen LogP contribution in [0.2, 0.25) is 0 Å². The van der Waals surface area contributed by atoms with Crippen molar-refractivity contribution in [2.75, 3.05) is 19.6 Å². The molecule has 1 unspecified atom stereocenters. The van der Waals surface area contributed by atoms with E-state index in [1.165, 1.54) is 4.90 Å². The number of carbonyl (C=O) groups is 4. The summed E-state index contributed by atoms with van der Waals surface area (Å²) in [5.74, 6) is -0.470. The lowest BCUT2D eigenvalue weighted by Gasteiger charge is -2.33. The molecular weight excluding hydrogens is 478 g/mol. The number of esters is 1. The van der Waals surface area contributed by atoms with Crippen LogP contribution in [-0.2, 0) is 28.7 Å². The molecule has 0 radical (unpaired) electrons. The molecule has 3 heterocycles. The maximum Gasteiger partial charge on any atom is 0.410 e. The number of piperidine rings is 1. The van der Waals surface area contributed by atoms with Gasteiger partial charge in [0, 0.05) is 32.5 Å². The quantitative estimate of drug-likeness (QED) is 0.347. The summed E-state index contributed by atoms with van der Waals surface area (Å²) in [5.41, 5.74) is -1.47. The summed E-state index contributed by atoms with van der Waals surface area (Å²) in [7, 11) is 0. The summed E-state index contributed by atoms with van der Waals surface area (Å²) in [5, 5.41) is 4.16. The van der Waals surface area contributed by atoms with E-state index < -0.39 is 16.8 Å². The summed E-state index contributed by atoms with van der Waals surface area (Å²) in [6.07, 6.45) is 5.08. The summed E-state index contributed by atoms with van der Waals surface area (Å²) >= 11 is 0. The summed E-state index contributed by atoms with van der Waals surface area (Å²) in [6, 6.07) is 0. The van der Waals surface area contributed by atoms with E-state index in [1.807, 2.05) is 20.8 Å². The molecule has 10 heteroatoms. The van der Waals surface area contributed by atoms with Crippen LogP contribution in [-0.4, -0.2) is 75.8 Å². The Labute approximate surface area is 220 Å². The number of rotatable bonds is 8. The Morgan fingerprint density at radius 2 is 1.65 bits per heavy atom. The third-order valence-electron chi connectivity index (χ3n) is 6.74. The van der Waals surface area contributed by atoms with Crippen LogP contribution in [0.3, 0.4) is 0 Å². The number of imide groups is 1. The Morgan fingerprint density at radius 3 is 2.27 bits per heavy atom. The third kappa shape index (κ3) is 8.17. The maximum absolute atomic E-state index is 13.0. The van der Waals surface area contributed by atoms with E-state index in [4.69, 9.17) is 14.3 Å². The topological polar surface area (TPSA) is 115 Å². The van der Waals surface area contributed by atoms with Crippen LogP contribution >= 0.6 is 0 Å². The van der Waals surface area contributed by atoms with Gasteiger partial charge < -0.3 is 19.2 Å². The number of hydrogen-bond donors (Lipinski definition) is 0. The number of carbonyl (C=O) groups excluding carboxylic acids is 4. The smallest absolute Gasteiger partial charge is 0.410 e. The number of amides is 3. The molecule has 0 aromatic heterocycles. The van der Waals surface area contributed by atoms with Crippen molar-refractivity contribution < 1.29 is 33.5 Å². The molecule has 0 bridgehead atoms. The van der Waals surface area contributed by atoms with Gasteiger partial charge in [-0.25, -0.2) is 4.79 Å². The molecule has 0 N–H and O–H groups in total. The lowest BCUT2D eigenvalue weighted by atomic mass is 9.89. The van der Waals surface area contributed by atoms with E-state index in [9.17, 15) is 19.2 Å². The van der Waals surface area contributed by atoms with Gasteiger partial charge in [0.2, 0.25) is 11.5 Å². The van der Waals surface area contributed by atoms with Gasteiger partial charge in [0.25, 0.3) is 5.91 Å². The molecule has 10 nitrogen and oxygen atoms in total. The first-order valence-electron chi connectivity index (χ1n) is 13.5. The molecular formula is C27H43N3O7. The summed E-state index contributed by atoms with van der Waals surface area (Å²) in [6.45, 7) is 12.6. The van der Waals surface area contributed by atoms with E-state index in [-0.39, 0.29) is 43.3 Å². The Balaban J connectivity index is 1.37. The fraction of sp³-hybridized carbons (Fsp3) is 0.815. The van der Waals surface area contributed by atoms with Gasteiger partial charge in [-0.2, -0.15) is 0 Å². The Bertz CT molecular complexity index is 910. The molecule has 0 aromatic rings. The van der Waals surface area contributed by atoms with Crippen molar-refractivity contribution in [3.63, 3.8) is 0 Å². The van der Waals surface area contributed by atoms with Gasteiger partial charge in [0.1, 0.15) is 11.2 Å². The number of likely N-dealkylation sites (tertiary alicyclic amines) is 2. The van der Waals surface area contributed by atoms with Gasteiger partial charge in [-0.05, 0) is 86.0 Å². The first-order chi connectivity index (χ1) is 17.2. The highest BCUT2D eigenvalue weighted by molar-refractivity contribution is 6.10. The molecule has 0 aliphatic carbocycles. The lowest BCUT2D eigenvalue weighted by molar-refractivity contribution is -0.156. The normalized spacial score (nSPS) is 22.9. The van der Waals surface area contributed by atoms with Crippen LogP contribution < -0.4 is 0 Å². The van der Waals surface area contributed by atoms with Crippen molar-refractivity contribution >= 4 is 29.6 Å². The molecule has 37 heavy (non-hydrogen) atoms. The Hall–Kier alpha value is -2.65. The standard InChI is InChI=1S/C27H43N3O7/c1-25(2,3)35-22(32)11-8-14-30-21(31)18-27(23(30)33)17-20(28-37-27)10-7-9-19-12-15-29(16-13-19)24(34)36-26(4,5)6/h19H,7-18H2,1-6H3. The van der Waals surface area contributed by atoms with Crippen molar-refractivity contribution in [2.45, 2.75) is 116 Å². The second-order valence-electron chi connectivity index (χ2n) is 12.4. The molecule has 3 rings (SSSR count). The van der Waals surface area contributed by atoms with Crippen LogP contribution in [0, 0.1) is 5.92 Å². The minimum atomic E-state index is -1.23. The molecule has 2 saturated heterocycles. The molecule has 2 fully saturated rings. The van der Waals surface area contributed by atoms with E-state index >= 15 is 0 Å². The summed E-state index contributed by atoms with van der Waals surface area (Å²) < 4.78 is 10.7. The highest BCUT2D eigenvalue weighted by Crippen LogP contribution is 2.37. The first-order valence-corrected chi connectivity index (χ1v) is 13.5. The first kappa shape index (κ1) is 28.9. The van der Waals surface area contributed by atoms with Crippen molar-refractivity contribution in [1.82, 2.24) is 9.80 Å². The van der Waals surface area contributed by atoms with Gasteiger partial charge in [0.15, 0.2) is 0 Å². The van der Waals surface area contributed by atoms with Crippen molar-refractivity contribution in [2.24, 2.45) is 11.1 Å². The van der Waals surface area contributed by atoms with E-state index in [2.05, 4.69) is 5.16 Å². The highest BCUT2D eigenvalue weighted by atomic mass is 16.7. The van der Waals surface area contributed by atoms with E-state index in [1.54, 1.807) is 25.7 Å². The minimum Gasteiger partial charge on any atom is -0.460 e. The lowest BCUT2D eigenvalue weighted by Crippen LogP contribution is -2.41. The number of nitrogens with zero attached hydrogens (tertiary/aromatic N) is 3. The molecule has 1 spiro atoms. The zero-order chi connectivity index (χ0) is 27.4. The second kappa shape index (κ2) is 11.4. The zero-order valence-corrected chi connectivity index (χ0v) is 23.3. The molecule has 0 aromatic carbocycles. The maximum atomic E-state index is 13.0. The fourth-order valence-corrected chi connectivity index (χ4v) is 4.99. The van der Waals surface area contributed by atoms with Crippen LogP contribution in [0.25, 0.3) is 0 Å². The molecule has 0 saturated carbocycles. The van der Waals surface area contributed by atoms with Gasteiger partial charge >= 0.3 is 12.1 Å². The van der Waals surface area contributed by atoms with Crippen LogP contribution in [0.15, 0.2) is 5.16 Å². The SMILES string of the molecule is CC(C)(C)OC(=O)CCCN1C(=O)CC2(CC(CCCC3CCN(C(=O)OC(C)(C)C)CC3)=NO2)C1=O. The van der Waals surface area contributed by atoms with E-state index in [0.29, 0.717) is 38.3 Å². The van der Waals surface area contributed by atoms with Crippen LogP contribution in [0.4, 0.5) is 4.79 Å². The fourth-order valence-electron chi connectivity index (χ4n) is 4.99. The van der Waals surface area contributed by atoms with Gasteiger partial charge in [-0.3, -0.25) is 19.3 Å². The molecule has 3 amide bonds. The average Bonchev–Trinajstić information content (AvgIpc) is 3.27. The van der Waals surface area contributed by atoms with Gasteiger partial charge in [-0.15, -0.1) is 0 Å². The monoisotopic (exact) mass is 521 g/mol. The number of ether oxygens (including phenoxy) is 2. The van der Waals surface area contributed by atoms with Gasteiger partial charge in [-0.1, -0.05) is 5.16 Å². The minimum absolute atomic E-state index is 0.0194. The van der Waals surface area contributed by atoms with Crippen LogP contribution in [0.1, 0.15) is 99.3 Å². The van der Waals surface area contributed by atoms with Gasteiger partial charge in [0.05, 0.1) is 12.1 Å². The molecule has 208 valence electrons. The Kier molecular flexibility index (Phi) is 8.90. The Morgan fingerprint density at radius 1 is 1.00 bits per heavy atom. The predicted molar refractivity (Wildman–Crippen MR) is 137 cm³/mol. The molecule has 3 aliphatic rings. The number of oxime groups is 1. The zero-order valence-electron chi connectivity index (χ0n) is 23.3. The highest BCUT2D eigenvalue weighted by Gasteiger charge is 2.57.